The summed E-state index contributed by atoms with van der Waals surface area (Å²) in [7, 11) is 1.32. The van der Waals surface area contributed by atoms with Crippen molar-refractivity contribution in [3.05, 3.63) is 41.1 Å². The zero-order chi connectivity index (χ0) is 23.0. The van der Waals surface area contributed by atoms with Crippen LogP contribution in [0.2, 0.25) is 0 Å². The second kappa shape index (κ2) is 11.4. The molecule has 0 bridgehead atoms. The molecule has 1 aliphatic rings. The van der Waals surface area contributed by atoms with Gasteiger partial charge in [-0.05, 0) is 44.5 Å². The Kier molecular flexibility index (Phi) is 8.97. The van der Waals surface area contributed by atoms with Gasteiger partial charge < -0.3 is 14.2 Å². The molecular weight excluding hydrogens is 398 g/mol. The number of hydrogen-bond acceptors (Lipinski definition) is 7. The molecule has 2 unspecified atom stereocenters. The van der Waals surface area contributed by atoms with Gasteiger partial charge in [0, 0.05) is 35.7 Å². The second-order valence-electron chi connectivity index (χ2n) is 7.58. The van der Waals surface area contributed by atoms with Gasteiger partial charge in [-0.1, -0.05) is 13.8 Å². The lowest BCUT2D eigenvalue weighted by Gasteiger charge is -2.28. The van der Waals surface area contributed by atoms with Crippen molar-refractivity contribution in [1.29, 1.82) is 0 Å². The zero-order valence-electron chi connectivity index (χ0n) is 18.9. The zero-order valence-corrected chi connectivity index (χ0v) is 18.9. The number of rotatable bonds is 10. The summed E-state index contributed by atoms with van der Waals surface area (Å²) in [5, 5.41) is 0. The highest BCUT2D eigenvalue weighted by Crippen LogP contribution is 2.32. The molecule has 0 aromatic heterocycles. The molecule has 168 valence electrons. The summed E-state index contributed by atoms with van der Waals surface area (Å²) in [5.74, 6) is -1.08. The van der Waals surface area contributed by atoms with Gasteiger partial charge >= 0.3 is 11.9 Å². The minimum absolute atomic E-state index is 0.122. The average Bonchev–Trinajstić information content (AvgIpc) is 2.73. The monoisotopic (exact) mass is 429 g/mol. The summed E-state index contributed by atoms with van der Waals surface area (Å²) < 4.78 is 15.9. The van der Waals surface area contributed by atoms with E-state index in [1.165, 1.54) is 7.11 Å². The molecule has 7 nitrogen and oxygen atoms in total. The Bertz CT molecular complexity index is 869. The van der Waals surface area contributed by atoms with Gasteiger partial charge in [0.2, 0.25) is 0 Å². The fourth-order valence-electron chi connectivity index (χ4n) is 3.69. The van der Waals surface area contributed by atoms with E-state index >= 15 is 0 Å². The average molecular weight is 430 g/mol. The van der Waals surface area contributed by atoms with Crippen molar-refractivity contribution in [2.24, 2.45) is 16.8 Å². The highest BCUT2D eigenvalue weighted by atomic mass is 16.5. The molecule has 7 heteroatoms. The van der Waals surface area contributed by atoms with Gasteiger partial charge in [-0.2, -0.15) is 0 Å². The fourth-order valence-corrected chi connectivity index (χ4v) is 3.69. The molecule has 1 aliphatic heterocycles. The standard InChI is InChI=1S/C24H31NO6/c1-6-8-20(26)18-9-11-19(12-10-18)30-13-7-14-31-24(28)22-15(2)21(23(27)29-5)16(3)25-17(22)4/h9-12,15,21H,6-8,13-14H2,1-5H3. The largest absolute Gasteiger partial charge is 0.493 e. The van der Waals surface area contributed by atoms with Gasteiger partial charge in [0.25, 0.3) is 0 Å². The predicted octanol–water partition coefficient (Wildman–Crippen LogP) is 4.16. The van der Waals surface area contributed by atoms with Crippen LogP contribution in [0.4, 0.5) is 0 Å². The molecule has 2 rings (SSSR count). The molecule has 1 aromatic carbocycles. The first-order chi connectivity index (χ1) is 14.8. The van der Waals surface area contributed by atoms with Crippen molar-refractivity contribution < 1.29 is 28.6 Å². The molecular formula is C24H31NO6. The van der Waals surface area contributed by atoms with Crippen LogP contribution in [0.15, 0.2) is 40.5 Å². The minimum atomic E-state index is -0.591. The molecule has 0 aliphatic carbocycles. The second-order valence-corrected chi connectivity index (χ2v) is 7.58. The van der Waals surface area contributed by atoms with Crippen LogP contribution in [-0.4, -0.2) is 43.8 Å². The van der Waals surface area contributed by atoms with Crippen LogP contribution in [0, 0.1) is 11.8 Å². The number of methoxy groups -OCH3 is 1. The van der Waals surface area contributed by atoms with E-state index in [4.69, 9.17) is 14.2 Å². The number of carbonyl (C=O) groups is 3. The lowest BCUT2D eigenvalue weighted by molar-refractivity contribution is -0.144. The quantitative estimate of drug-likeness (QED) is 0.315. The Morgan fingerprint density at radius 2 is 1.74 bits per heavy atom. The van der Waals surface area contributed by atoms with E-state index in [0.29, 0.717) is 47.7 Å². The van der Waals surface area contributed by atoms with Gasteiger partial charge in [0.05, 0.1) is 25.9 Å². The first-order valence-electron chi connectivity index (χ1n) is 10.6. The maximum Gasteiger partial charge on any atom is 0.336 e. The van der Waals surface area contributed by atoms with Crippen LogP contribution >= 0.6 is 0 Å². The van der Waals surface area contributed by atoms with Gasteiger partial charge in [-0.15, -0.1) is 0 Å². The molecule has 0 radical (unpaired) electrons. The predicted molar refractivity (Wildman–Crippen MR) is 117 cm³/mol. The van der Waals surface area contributed by atoms with Crippen molar-refractivity contribution in [1.82, 2.24) is 0 Å². The van der Waals surface area contributed by atoms with Crippen LogP contribution in [0.5, 0.6) is 5.75 Å². The number of ether oxygens (including phenoxy) is 3. The van der Waals surface area contributed by atoms with E-state index in [-0.39, 0.29) is 18.3 Å². The molecule has 1 aromatic rings. The molecule has 1 heterocycles. The number of carbonyl (C=O) groups excluding carboxylic acids is 3. The van der Waals surface area contributed by atoms with Crippen LogP contribution in [0.1, 0.15) is 57.3 Å². The van der Waals surface area contributed by atoms with Crippen molar-refractivity contribution in [2.75, 3.05) is 20.3 Å². The van der Waals surface area contributed by atoms with Crippen LogP contribution in [0.3, 0.4) is 0 Å². The SMILES string of the molecule is CCCC(=O)c1ccc(OCCCOC(=O)C2=C(C)N=C(C)C(C(=O)OC)C2C)cc1. The summed E-state index contributed by atoms with van der Waals surface area (Å²) in [4.78, 5) is 40.9. The summed E-state index contributed by atoms with van der Waals surface area (Å²) >= 11 is 0. The number of ketones is 1. The first kappa shape index (κ1) is 24.3. The first-order valence-corrected chi connectivity index (χ1v) is 10.6. The lowest BCUT2D eigenvalue weighted by Crippen LogP contribution is -2.36. The van der Waals surface area contributed by atoms with Crippen molar-refractivity contribution >= 4 is 23.4 Å². The molecule has 0 saturated carbocycles. The van der Waals surface area contributed by atoms with Crippen molar-refractivity contribution in [3.8, 4) is 5.75 Å². The fraction of sp³-hybridized carbons (Fsp3) is 0.500. The number of allylic oxidation sites excluding steroid dienone is 1. The van der Waals surface area contributed by atoms with Gasteiger partial charge in [0.15, 0.2) is 5.78 Å². The van der Waals surface area contributed by atoms with Gasteiger partial charge in [-0.3, -0.25) is 14.6 Å². The summed E-state index contributed by atoms with van der Waals surface area (Å²) in [6, 6.07) is 7.04. The number of benzene rings is 1. The number of Topliss-reactive ketones (excluding diaryl/α,β-unsaturated/α-hetero) is 1. The molecule has 0 amide bonds. The van der Waals surface area contributed by atoms with E-state index in [0.717, 1.165) is 6.42 Å². The summed E-state index contributed by atoms with van der Waals surface area (Å²) in [6.07, 6.45) is 1.86. The van der Waals surface area contributed by atoms with Crippen molar-refractivity contribution in [3.63, 3.8) is 0 Å². The van der Waals surface area contributed by atoms with Crippen molar-refractivity contribution in [2.45, 2.75) is 47.0 Å². The third-order valence-electron chi connectivity index (χ3n) is 5.26. The van der Waals surface area contributed by atoms with Crippen LogP contribution in [0.25, 0.3) is 0 Å². The Labute approximate surface area is 183 Å². The normalized spacial score (nSPS) is 18.3. The Morgan fingerprint density at radius 3 is 2.35 bits per heavy atom. The number of nitrogens with zero attached hydrogens (tertiary/aromatic N) is 1. The third-order valence-corrected chi connectivity index (χ3v) is 5.26. The van der Waals surface area contributed by atoms with Crippen LogP contribution in [-0.2, 0) is 19.1 Å². The molecule has 0 fully saturated rings. The smallest absolute Gasteiger partial charge is 0.336 e. The summed E-state index contributed by atoms with van der Waals surface area (Å²) in [6.45, 7) is 7.82. The maximum atomic E-state index is 12.6. The number of esters is 2. The van der Waals surface area contributed by atoms with E-state index in [1.807, 2.05) is 6.92 Å². The highest BCUT2D eigenvalue weighted by molar-refractivity contribution is 6.05. The third kappa shape index (κ3) is 6.26. The number of hydrogen-bond donors (Lipinski definition) is 0. The maximum absolute atomic E-state index is 12.6. The van der Waals surface area contributed by atoms with E-state index in [9.17, 15) is 14.4 Å². The van der Waals surface area contributed by atoms with E-state index in [2.05, 4.69) is 4.99 Å². The minimum Gasteiger partial charge on any atom is -0.493 e. The Balaban J connectivity index is 1.83. The molecule has 0 saturated heterocycles. The highest BCUT2D eigenvalue weighted by Gasteiger charge is 2.38. The van der Waals surface area contributed by atoms with E-state index < -0.39 is 17.9 Å². The van der Waals surface area contributed by atoms with E-state index in [1.54, 1.807) is 45.0 Å². The topological polar surface area (TPSA) is 91.3 Å². The van der Waals surface area contributed by atoms with Gasteiger partial charge in [0.1, 0.15) is 11.7 Å². The summed E-state index contributed by atoms with van der Waals surface area (Å²) in [5.41, 5.74) is 2.26. The van der Waals surface area contributed by atoms with Crippen LogP contribution < -0.4 is 4.74 Å². The van der Waals surface area contributed by atoms with Gasteiger partial charge in [-0.25, -0.2) is 4.79 Å². The Hall–Kier alpha value is -2.96. The molecule has 2 atom stereocenters. The molecule has 31 heavy (non-hydrogen) atoms. The lowest BCUT2D eigenvalue weighted by atomic mass is 9.81. The molecule has 0 N–H and O–H groups in total. The molecule has 0 spiro atoms. The Morgan fingerprint density at radius 1 is 1.06 bits per heavy atom. The number of aliphatic imine (C=N–C) groups is 1.